The summed E-state index contributed by atoms with van der Waals surface area (Å²) in [6.45, 7) is 0.374. The number of ether oxygens (including phenoxy) is 1. The van der Waals surface area contributed by atoms with E-state index in [0.29, 0.717) is 17.3 Å². The van der Waals surface area contributed by atoms with Gasteiger partial charge in [0.05, 0.1) is 17.6 Å². The second kappa shape index (κ2) is 6.91. The Morgan fingerprint density at radius 3 is 2.73 bits per heavy atom. The van der Waals surface area contributed by atoms with Gasteiger partial charge in [-0.15, -0.1) is 0 Å². The van der Waals surface area contributed by atoms with Crippen molar-refractivity contribution in [2.24, 2.45) is 0 Å². The number of rotatable bonds is 5. The Morgan fingerprint density at radius 1 is 1.32 bits per heavy atom. The van der Waals surface area contributed by atoms with Crippen LogP contribution in [0.4, 0.5) is 11.4 Å². The van der Waals surface area contributed by atoms with Gasteiger partial charge in [-0.2, -0.15) is 0 Å². The van der Waals surface area contributed by atoms with Crippen LogP contribution in [0.15, 0.2) is 42.5 Å². The van der Waals surface area contributed by atoms with Crippen molar-refractivity contribution in [2.45, 2.75) is 6.54 Å². The second-order valence-electron chi connectivity index (χ2n) is 4.46. The summed E-state index contributed by atoms with van der Waals surface area (Å²) in [5.74, 6) is -0.621. The average Bonchev–Trinajstić information content (AvgIpc) is 2.52. The molecule has 0 saturated carbocycles. The molecule has 0 spiro atoms. The fraction of sp³-hybridized carbons (Fsp3) is 0.133. The van der Waals surface area contributed by atoms with E-state index in [1.807, 2.05) is 6.07 Å². The van der Waals surface area contributed by atoms with Crippen LogP contribution in [0.3, 0.4) is 0 Å². The fourth-order valence-electron chi connectivity index (χ4n) is 1.92. The molecule has 0 unspecified atom stereocenters. The predicted octanol–water partition coefficient (Wildman–Crippen LogP) is 3.65. The lowest BCUT2D eigenvalue weighted by Gasteiger charge is -2.08. The molecule has 22 heavy (non-hydrogen) atoms. The van der Waals surface area contributed by atoms with Gasteiger partial charge in [0, 0.05) is 17.6 Å². The first-order valence-corrected chi connectivity index (χ1v) is 6.74. The number of carbonyl (C=O) groups excluding carboxylic acids is 1. The molecule has 0 amide bonds. The lowest BCUT2D eigenvalue weighted by atomic mass is 10.1. The van der Waals surface area contributed by atoms with Crippen molar-refractivity contribution >= 4 is 28.9 Å². The van der Waals surface area contributed by atoms with Crippen LogP contribution >= 0.6 is 11.6 Å². The third-order valence-electron chi connectivity index (χ3n) is 2.99. The van der Waals surface area contributed by atoms with Crippen LogP contribution in [0.25, 0.3) is 0 Å². The van der Waals surface area contributed by atoms with E-state index < -0.39 is 10.9 Å². The number of halogens is 1. The molecule has 0 aliphatic heterocycles. The van der Waals surface area contributed by atoms with Crippen LogP contribution in [0.5, 0.6) is 0 Å². The molecule has 7 heteroatoms. The van der Waals surface area contributed by atoms with Crippen molar-refractivity contribution in [2.75, 3.05) is 12.4 Å². The number of carbonyl (C=O) groups is 1. The second-order valence-corrected chi connectivity index (χ2v) is 4.90. The van der Waals surface area contributed by atoms with Crippen LogP contribution in [-0.2, 0) is 11.3 Å². The average molecular weight is 321 g/mol. The van der Waals surface area contributed by atoms with Crippen LogP contribution in [-0.4, -0.2) is 18.0 Å². The van der Waals surface area contributed by atoms with Gasteiger partial charge in [-0.25, -0.2) is 4.79 Å². The third-order valence-corrected chi connectivity index (χ3v) is 3.22. The molecule has 0 fully saturated rings. The zero-order valence-corrected chi connectivity index (χ0v) is 12.5. The van der Waals surface area contributed by atoms with Crippen molar-refractivity contribution < 1.29 is 14.5 Å². The molecule has 114 valence electrons. The van der Waals surface area contributed by atoms with Gasteiger partial charge in [0.25, 0.3) is 5.69 Å². The lowest BCUT2D eigenvalue weighted by molar-refractivity contribution is -0.384. The molecule has 2 aromatic carbocycles. The first kappa shape index (κ1) is 15.8. The van der Waals surface area contributed by atoms with E-state index in [4.69, 9.17) is 11.6 Å². The van der Waals surface area contributed by atoms with Crippen molar-refractivity contribution in [3.05, 3.63) is 68.7 Å². The van der Waals surface area contributed by atoms with E-state index in [9.17, 15) is 14.9 Å². The van der Waals surface area contributed by atoms with E-state index in [1.54, 1.807) is 18.2 Å². The molecule has 6 nitrogen and oxygen atoms in total. The number of nitrogens with one attached hydrogen (secondary N) is 1. The lowest BCUT2D eigenvalue weighted by Crippen LogP contribution is -2.06. The minimum absolute atomic E-state index is 0.127. The Hall–Kier alpha value is -2.60. The number of nitro groups is 1. The molecule has 1 N–H and O–H groups in total. The molecule has 0 bridgehead atoms. The van der Waals surface area contributed by atoms with E-state index in [1.165, 1.54) is 25.3 Å². The van der Waals surface area contributed by atoms with Gasteiger partial charge in [-0.1, -0.05) is 23.7 Å². The monoisotopic (exact) mass is 320 g/mol. The summed E-state index contributed by atoms with van der Waals surface area (Å²) in [6.07, 6.45) is 0. The summed E-state index contributed by atoms with van der Waals surface area (Å²) in [7, 11) is 1.22. The van der Waals surface area contributed by atoms with Gasteiger partial charge in [0.15, 0.2) is 0 Å². The van der Waals surface area contributed by atoms with E-state index in [-0.39, 0.29) is 11.3 Å². The minimum Gasteiger partial charge on any atom is -0.465 e. The van der Waals surface area contributed by atoms with Gasteiger partial charge in [0.1, 0.15) is 5.69 Å². The normalized spacial score (nSPS) is 10.1. The van der Waals surface area contributed by atoms with E-state index in [0.717, 1.165) is 5.56 Å². The van der Waals surface area contributed by atoms with Gasteiger partial charge in [0.2, 0.25) is 0 Å². The SMILES string of the molecule is COC(=O)c1ccc(NCc2cccc(Cl)c2)c([N+](=O)[O-])c1. The number of nitrogens with zero attached hydrogens (tertiary/aromatic N) is 1. The summed E-state index contributed by atoms with van der Waals surface area (Å²) in [6, 6.07) is 11.3. The number of esters is 1. The largest absolute Gasteiger partial charge is 0.465 e. The zero-order valence-electron chi connectivity index (χ0n) is 11.7. The Morgan fingerprint density at radius 2 is 2.09 bits per heavy atom. The highest BCUT2D eigenvalue weighted by molar-refractivity contribution is 6.30. The maximum Gasteiger partial charge on any atom is 0.338 e. The topological polar surface area (TPSA) is 81.5 Å². The van der Waals surface area contributed by atoms with Crippen LogP contribution in [0.2, 0.25) is 5.02 Å². The minimum atomic E-state index is -0.621. The number of nitro benzene ring substituents is 1. The van der Waals surface area contributed by atoms with Crippen LogP contribution in [0.1, 0.15) is 15.9 Å². The third kappa shape index (κ3) is 3.73. The molecule has 0 heterocycles. The molecule has 0 atom stereocenters. The Bertz CT molecular complexity index is 718. The van der Waals surface area contributed by atoms with Crippen molar-refractivity contribution in [1.29, 1.82) is 0 Å². The standard InChI is InChI=1S/C15H13ClN2O4/c1-22-15(19)11-5-6-13(14(8-11)18(20)21)17-9-10-3-2-4-12(16)7-10/h2-8,17H,9H2,1H3. The zero-order chi connectivity index (χ0) is 16.1. The molecule has 0 saturated heterocycles. The summed E-state index contributed by atoms with van der Waals surface area (Å²) in [4.78, 5) is 22.0. The highest BCUT2D eigenvalue weighted by Crippen LogP contribution is 2.26. The quantitative estimate of drug-likeness (QED) is 0.516. The molecule has 0 aromatic heterocycles. The molecule has 2 aromatic rings. The molecule has 0 aliphatic rings. The predicted molar refractivity (Wildman–Crippen MR) is 83.2 cm³/mol. The van der Waals surface area contributed by atoms with Crippen LogP contribution in [0, 0.1) is 10.1 Å². The van der Waals surface area contributed by atoms with E-state index in [2.05, 4.69) is 10.1 Å². The summed E-state index contributed by atoms with van der Waals surface area (Å²) < 4.78 is 4.56. The maximum absolute atomic E-state index is 11.4. The van der Waals surface area contributed by atoms with Gasteiger partial charge >= 0.3 is 5.97 Å². The first-order valence-electron chi connectivity index (χ1n) is 6.36. The Kier molecular flexibility index (Phi) is 4.95. The highest BCUT2D eigenvalue weighted by atomic mass is 35.5. The fourth-order valence-corrected chi connectivity index (χ4v) is 2.13. The highest BCUT2D eigenvalue weighted by Gasteiger charge is 2.17. The van der Waals surface area contributed by atoms with Gasteiger partial charge in [-0.3, -0.25) is 10.1 Å². The van der Waals surface area contributed by atoms with Crippen molar-refractivity contribution in [3.8, 4) is 0 Å². The molecule has 0 radical (unpaired) electrons. The maximum atomic E-state index is 11.4. The Labute approximate surface area is 131 Å². The molecular weight excluding hydrogens is 308 g/mol. The number of hydrogen-bond acceptors (Lipinski definition) is 5. The summed E-state index contributed by atoms with van der Waals surface area (Å²) in [5, 5.41) is 14.7. The van der Waals surface area contributed by atoms with Crippen molar-refractivity contribution in [3.63, 3.8) is 0 Å². The van der Waals surface area contributed by atoms with Gasteiger partial charge in [-0.05, 0) is 29.8 Å². The van der Waals surface area contributed by atoms with Crippen LogP contribution < -0.4 is 5.32 Å². The molecule has 2 rings (SSSR count). The number of benzene rings is 2. The number of methoxy groups -OCH3 is 1. The number of anilines is 1. The van der Waals surface area contributed by atoms with Crippen molar-refractivity contribution in [1.82, 2.24) is 0 Å². The number of hydrogen-bond donors (Lipinski definition) is 1. The Balaban J connectivity index is 2.23. The smallest absolute Gasteiger partial charge is 0.338 e. The summed E-state index contributed by atoms with van der Waals surface area (Å²) in [5.41, 5.74) is 1.14. The molecule has 0 aliphatic carbocycles. The van der Waals surface area contributed by atoms with Gasteiger partial charge < -0.3 is 10.1 Å². The van der Waals surface area contributed by atoms with E-state index >= 15 is 0 Å². The first-order chi connectivity index (χ1) is 10.5. The molecular formula is C15H13ClN2O4. The summed E-state index contributed by atoms with van der Waals surface area (Å²) >= 11 is 5.89.